The molecule has 4 nitrogen and oxygen atoms in total. The molecule has 0 spiro atoms. The van der Waals surface area contributed by atoms with Gasteiger partial charge < -0.3 is 10.2 Å². The minimum Gasteiger partial charge on any atom is -0.317 e. The van der Waals surface area contributed by atoms with Gasteiger partial charge in [0.2, 0.25) is 5.91 Å². The lowest BCUT2D eigenvalue weighted by Crippen LogP contribution is -2.30. The van der Waals surface area contributed by atoms with Gasteiger partial charge in [0.05, 0.1) is 5.56 Å². The van der Waals surface area contributed by atoms with Crippen LogP contribution >= 0.6 is 11.3 Å². The van der Waals surface area contributed by atoms with Crippen LogP contribution in [0.1, 0.15) is 60.9 Å². The van der Waals surface area contributed by atoms with E-state index >= 15 is 0 Å². The molecule has 1 saturated heterocycles. The number of likely N-dealkylation sites (tertiary alicyclic amines) is 1. The van der Waals surface area contributed by atoms with Crippen molar-refractivity contribution in [3.63, 3.8) is 0 Å². The van der Waals surface area contributed by atoms with Crippen molar-refractivity contribution in [3.05, 3.63) is 16.0 Å². The highest BCUT2D eigenvalue weighted by Gasteiger charge is 2.23. The number of amides is 1. The molecule has 1 N–H and O–H groups in total. The smallest absolute Gasteiger partial charge is 0.226 e. The van der Waals surface area contributed by atoms with Gasteiger partial charge >= 0.3 is 0 Å². The maximum Gasteiger partial charge on any atom is 0.226 e. The van der Waals surface area contributed by atoms with Gasteiger partial charge in [-0.1, -0.05) is 19.3 Å². The zero-order chi connectivity index (χ0) is 16.1. The fourth-order valence-electron chi connectivity index (χ4n) is 3.60. The Kier molecular flexibility index (Phi) is 5.69. The Morgan fingerprint density at radius 3 is 2.61 bits per heavy atom. The van der Waals surface area contributed by atoms with E-state index in [1.54, 1.807) is 11.3 Å². The Hall–Kier alpha value is -1.38. The van der Waals surface area contributed by atoms with Crippen molar-refractivity contribution in [2.45, 2.75) is 57.8 Å². The second-order valence-corrected chi connectivity index (χ2v) is 7.69. The monoisotopic (exact) mass is 331 g/mol. The van der Waals surface area contributed by atoms with Gasteiger partial charge in [0.15, 0.2) is 0 Å². The summed E-state index contributed by atoms with van der Waals surface area (Å²) in [6, 6.07) is 2.29. The molecule has 1 amide bonds. The Morgan fingerprint density at radius 2 is 1.87 bits per heavy atom. The number of rotatable bonds is 4. The van der Waals surface area contributed by atoms with Crippen LogP contribution in [0.2, 0.25) is 0 Å². The van der Waals surface area contributed by atoms with E-state index in [1.807, 2.05) is 0 Å². The lowest BCUT2D eigenvalue weighted by molar-refractivity contribution is -0.116. The predicted molar refractivity (Wildman–Crippen MR) is 93.8 cm³/mol. The molecular weight excluding hydrogens is 306 g/mol. The molecule has 0 atom stereocenters. The minimum absolute atomic E-state index is 0.0449. The molecular formula is C18H25N3OS. The summed E-state index contributed by atoms with van der Waals surface area (Å²) in [5.74, 6) is 0.0449. The summed E-state index contributed by atoms with van der Waals surface area (Å²) < 4.78 is 0. The zero-order valence-electron chi connectivity index (χ0n) is 13.7. The number of carbonyl (C=O) groups is 1. The molecule has 2 aliphatic rings. The summed E-state index contributed by atoms with van der Waals surface area (Å²) in [6.45, 7) is 3.06. The molecule has 5 heteroatoms. The van der Waals surface area contributed by atoms with Crippen LogP contribution in [0.25, 0.3) is 0 Å². The van der Waals surface area contributed by atoms with Gasteiger partial charge in [0.25, 0.3) is 0 Å². The molecule has 0 saturated carbocycles. The summed E-state index contributed by atoms with van der Waals surface area (Å²) in [5.41, 5.74) is 1.89. The van der Waals surface area contributed by atoms with Crippen LogP contribution in [0.3, 0.4) is 0 Å². The molecule has 1 aromatic rings. The van der Waals surface area contributed by atoms with Crippen molar-refractivity contribution in [1.29, 1.82) is 5.26 Å². The minimum atomic E-state index is 0.0449. The van der Waals surface area contributed by atoms with Crippen LogP contribution in [0.5, 0.6) is 0 Å². The van der Waals surface area contributed by atoms with E-state index in [-0.39, 0.29) is 5.91 Å². The first-order chi connectivity index (χ1) is 11.3. The lowest BCUT2D eigenvalue weighted by Gasteiger charge is -2.24. The standard InChI is InChI=1S/C18H25N3OS/c19-13-15-14-7-6-8-16(14)23-18(15)20-17(22)9-12-21-10-4-2-1-3-5-11-21/h1-12H2,(H,20,22). The van der Waals surface area contributed by atoms with Crippen molar-refractivity contribution >= 4 is 22.2 Å². The first-order valence-electron chi connectivity index (χ1n) is 8.85. The van der Waals surface area contributed by atoms with Crippen LogP contribution in [0, 0.1) is 11.3 Å². The first kappa shape index (κ1) is 16.5. The number of nitrogens with one attached hydrogen (secondary N) is 1. The maximum absolute atomic E-state index is 12.3. The number of hydrogen-bond donors (Lipinski definition) is 1. The van der Waals surface area contributed by atoms with Gasteiger partial charge in [-0.25, -0.2) is 0 Å². The van der Waals surface area contributed by atoms with Gasteiger partial charge in [0, 0.05) is 17.8 Å². The average Bonchev–Trinajstić information content (AvgIpc) is 3.06. The van der Waals surface area contributed by atoms with E-state index in [0.717, 1.165) is 43.9 Å². The van der Waals surface area contributed by atoms with Crippen molar-refractivity contribution in [2.75, 3.05) is 25.0 Å². The number of nitriles is 1. The molecule has 1 aromatic heterocycles. The van der Waals surface area contributed by atoms with Crippen LogP contribution < -0.4 is 5.32 Å². The second kappa shape index (κ2) is 7.94. The highest BCUT2D eigenvalue weighted by molar-refractivity contribution is 7.16. The van der Waals surface area contributed by atoms with Crippen molar-refractivity contribution in [3.8, 4) is 6.07 Å². The number of thiophene rings is 1. The van der Waals surface area contributed by atoms with Gasteiger partial charge in [-0.3, -0.25) is 4.79 Å². The highest BCUT2D eigenvalue weighted by Crippen LogP contribution is 2.38. The Labute approximate surface area is 142 Å². The number of anilines is 1. The topological polar surface area (TPSA) is 56.1 Å². The number of hydrogen-bond acceptors (Lipinski definition) is 4. The Bertz CT molecular complexity index is 594. The molecule has 0 aromatic carbocycles. The van der Waals surface area contributed by atoms with Gasteiger partial charge in [-0.05, 0) is 50.8 Å². The molecule has 3 rings (SSSR count). The van der Waals surface area contributed by atoms with Gasteiger partial charge in [0.1, 0.15) is 11.1 Å². The predicted octanol–water partition coefficient (Wildman–Crippen LogP) is 3.70. The normalized spacial score (nSPS) is 18.7. The number of fused-ring (bicyclic) bond motifs is 1. The van der Waals surface area contributed by atoms with Crippen LogP contribution in [-0.2, 0) is 17.6 Å². The summed E-state index contributed by atoms with van der Waals surface area (Å²) in [7, 11) is 0. The fraction of sp³-hybridized carbons (Fsp3) is 0.667. The molecule has 124 valence electrons. The number of aryl methyl sites for hydroxylation is 1. The molecule has 1 aliphatic heterocycles. The molecule has 23 heavy (non-hydrogen) atoms. The van der Waals surface area contributed by atoms with Crippen LogP contribution in [0.4, 0.5) is 5.00 Å². The van der Waals surface area contributed by atoms with Crippen molar-refractivity contribution in [2.24, 2.45) is 0 Å². The van der Waals surface area contributed by atoms with Gasteiger partial charge in [-0.15, -0.1) is 11.3 Å². The summed E-state index contributed by atoms with van der Waals surface area (Å²) in [5, 5.41) is 13.1. The average molecular weight is 331 g/mol. The van der Waals surface area contributed by atoms with E-state index in [4.69, 9.17) is 0 Å². The lowest BCUT2D eigenvalue weighted by atomic mass is 10.1. The summed E-state index contributed by atoms with van der Waals surface area (Å²) in [4.78, 5) is 16.0. The van der Waals surface area contributed by atoms with Gasteiger partial charge in [-0.2, -0.15) is 5.26 Å². The summed E-state index contributed by atoms with van der Waals surface area (Å²) in [6.07, 6.45) is 10.2. The second-order valence-electron chi connectivity index (χ2n) is 6.58. The summed E-state index contributed by atoms with van der Waals surface area (Å²) >= 11 is 1.60. The van der Waals surface area contributed by atoms with Crippen LogP contribution in [0.15, 0.2) is 0 Å². The van der Waals surface area contributed by atoms with E-state index in [1.165, 1.54) is 42.5 Å². The molecule has 0 unspecified atom stereocenters. The third kappa shape index (κ3) is 4.13. The molecule has 2 heterocycles. The maximum atomic E-state index is 12.3. The van der Waals surface area contributed by atoms with E-state index in [0.29, 0.717) is 12.0 Å². The first-order valence-corrected chi connectivity index (χ1v) is 9.66. The third-order valence-electron chi connectivity index (χ3n) is 4.89. The third-order valence-corrected chi connectivity index (χ3v) is 6.10. The van der Waals surface area contributed by atoms with Crippen molar-refractivity contribution < 1.29 is 4.79 Å². The number of carbonyl (C=O) groups excluding carboxylic acids is 1. The largest absolute Gasteiger partial charge is 0.317 e. The SMILES string of the molecule is N#Cc1c(NC(=O)CCN2CCCCCCC2)sc2c1CCC2. The molecule has 1 fully saturated rings. The van der Waals surface area contributed by atoms with E-state index in [2.05, 4.69) is 16.3 Å². The molecule has 0 radical (unpaired) electrons. The Balaban J connectivity index is 1.52. The quantitative estimate of drug-likeness (QED) is 0.915. The van der Waals surface area contributed by atoms with E-state index in [9.17, 15) is 10.1 Å². The number of nitrogens with zero attached hydrogens (tertiary/aromatic N) is 2. The van der Waals surface area contributed by atoms with E-state index < -0.39 is 0 Å². The Morgan fingerprint density at radius 1 is 1.13 bits per heavy atom. The zero-order valence-corrected chi connectivity index (χ0v) is 14.5. The highest BCUT2D eigenvalue weighted by atomic mass is 32.1. The van der Waals surface area contributed by atoms with Crippen LogP contribution in [-0.4, -0.2) is 30.4 Å². The fourth-order valence-corrected chi connectivity index (χ4v) is 4.85. The molecule has 0 bridgehead atoms. The molecule has 1 aliphatic carbocycles. The van der Waals surface area contributed by atoms with Crippen molar-refractivity contribution in [1.82, 2.24) is 4.90 Å².